The van der Waals surface area contributed by atoms with Gasteiger partial charge in [-0.05, 0) is 74.2 Å². The molecule has 166 valence electrons. The quantitative estimate of drug-likeness (QED) is 0.472. The van der Waals surface area contributed by atoms with E-state index in [1.807, 2.05) is 0 Å². The second-order valence-corrected chi connectivity index (χ2v) is 8.75. The molecule has 8 heteroatoms. The van der Waals surface area contributed by atoms with Crippen LogP contribution in [0.1, 0.15) is 43.7 Å². The lowest BCUT2D eigenvalue weighted by Crippen LogP contribution is -2.30. The van der Waals surface area contributed by atoms with Gasteiger partial charge in [-0.1, -0.05) is 29.8 Å². The van der Waals surface area contributed by atoms with Gasteiger partial charge in [-0.25, -0.2) is 4.98 Å². The summed E-state index contributed by atoms with van der Waals surface area (Å²) in [7, 11) is 0. The summed E-state index contributed by atoms with van der Waals surface area (Å²) in [4.78, 5) is 3.81. The molecule has 1 aromatic heterocycles. The molecule has 0 bridgehead atoms. The predicted molar refractivity (Wildman–Crippen MR) is 114 cm³/mol. The van der Waals surface area contributed by atoms with Crippen LogP contribution in [0.3, 0.4) is 0 Å². The maximum absolute atomic E-state index is 13.2. The maximum Gasteiger partial charge on any atom is 0.433 e. The second kappa shape index (κ2) is 8.39. The first-order valence-electron chi connectivity index (χ1n) is 9.59. The molecule has 0 amide bonds. The van der Waals surface area contributed by atoms with Crippen LogP contribution in [0.5, 0.6) is 0 Å². The number of aliphatic hydroxyl groups is 2. The number of rotatable bonds is 4. The molecule has 0 aliphatic rings. The SMILES string of the molecule is Cc1cc2nc(C(F)(F)F)ccc2c(-c2ccc(Cl)cc2)c1C(OC(C)(C)C)C(O)O. The molecule has 0 spiro atoms. The molecule has 31 heavy (non-hydrogen) atoms. The van der Waals surface area contributed by atoms with E-state index in [1.165, 1.54) is 12.1 Å². The van der Waals surface area contributed by atoms with Crippen LogP contribution in [0.15, 0.2) is 42.5 Å². The standard InChI is InChI=1S/C23H23ClF3NO3/c1-12-11-16-15(9-10-17(28-16)23(25,26)27)19(13-5-7-14(24)8-6-13)18(12)20(21(29)30)31-22(2,3)4/h5-11,20-21,29-30H,1-4H3. The molecule has 3 aromatic rings. The van der Waals surface area contributed by atoms with Crippen molar-refractivity contribution in [1.29, 1.82) is 0 Å². The third-order valence-electron chi connectivity index (χ3n) is 4.70. The monoisotopic (exact) mass is 453 g/mol. The molecule has 1 atom stereocenters. The summed E-state index contributed by atoms with van der Waals surface area (Å²) in [5, 5.41) is 21.2. The highest BCUT2D eigenvalue weighted by Crippen LogP contribution is 2.42. The first-order chi connectivity index (χ1) is 14.3. The zero-order chi connectivity index (χ0) is 23.1. The number of alkyl halides is 3. The van der Waals surface area contributed by atoms with Gasteiger partial charge in [0.05, 0.1) is 11.1 Å². The first-order valence-corrected chi connectivity index (χ1v) is 9.97. The maximum atomic E-state index is 13.2. The fourth-order valence-corrected chi connectivity index (χ4v) is 3.65. The molecule has 0 fully saturated rings. The van der Waals surface area contributed by atoms with Gasteiger partial charge in [0.25, 0.3) is 0 Å². The van der Waals surface area contributed by atoms with Gasteiger partial charge in [0.1, 0.15) is 11.8 Å². The molecule has 0 aliphatic carbocycles. The van der Waals surface area contributed by atoms with Gasteiger partial charge < -0.3 is 14.9 Å². The van der Waals surface area contributed by atoms with Gasteiger partial charge in [0.2, 0.25) is 0 Å². The third kappa shape index (κ3) is 5.18. The predicted octanol–water partition coefficient (Wildman–Crippen LogP) is 6.05. The summed E-state index contributed by atoms with van der Waals surface area (Å²) < 4.78 is 45.6. The summed E-state index contributed by atoms with van der Waals surface area (Å²) in [5.74, 6) is 0. The molecular weight excluding hydrogens is 431 g/mol. The molecule has 0 radical (unpaired) electrons. The van der Waals surface area contributed by atoms with E-state index in [0.717, 1.165) is 6.07 Å². The fraction of sp³-hybridized carbons (Fsp3) is 0.348. The van der Waals surface area contributed by atoms with Crippen LogP contribution in [0.4, 0.5) is 13.2 Å². The minimum Gasteiger partial charge on any atom is -0.366 e. The van der Waals surface area contributed by atoms with E-state index in [4.69, 9.17) is 16.3 Å². The summed E-state index contributed by atoms with van der Waals surface area (Å²) in [6.45, 7) is 7.01. The highest BCUT2D eigenvalue weighted by molar-refractivity contribution is 6.30. The number of hydrogen-bond donors (Lipinski definition) is 2. The molecule has 2 aromatic carbocycles. The van der Waals surface area contributed by atoms with Gasteiger partial charge in [0.15, 0.2) is 6.29 Å². The number of aryl methyl sites for hydroxylation is 1. The van der Waals surface area contributed by atoms with Gasteiger partial charge in [0, 0.05) is 10.4 Å². The van der Waals surface area contributed by atoms with Gasteiger partial charge in [-0.15, -0.1) is 0 Å². The Morgan fingerprint density at radius 3 is 2.13 bits per heavy atom. The Balaban J connectivity index is 2.38. The summed E-state index contributed by atoms with van der Waals surface area (Å²) >= 11 is 6.02. The van der Waals surface area contributed by atoms with Crippen LogP contribution in [0.25, 0.3) is 22.0 Å². The Kier molecular flexibility index (Phi) is 6.35. The Labute approximate surface area is 183 Å². The zero-order valence-electron chi connectivity index (χ0n) is 17.5. The number of aromatic nitrogens is 1. The number of nitrogens with zero attached hydrogens (tertiary/aromatic N) is 1. The largest absolute Gasteiger partial charge is 0.433 e. The summed E-state index contributed by atoms with van der Waals surface area (Å²) in [6, 6.07) is 10.5. The normalized spacial score (nSPS) is 13.8. The van der Waals surface area contributed by atoms with Crippen LogP contribution >= 0.6 is 11.6 Å². The zero-order valence-corrected chi connectivity index (χ0v) is 18.2. The molecule has 0 aliphatic heterocycles. The Morgan fingerprint density at radius 1 is 1.00 bits per heavy atom. The van der Waals surface area contributed by atoms with Crippen LogP contribution in [0, 0.1) is 6.92 Å². The van der Waals surface area contributed by atoms with E-state index in [2.05, 4.69) is 4.98 Å². The smallest absolute Gasteiger partial charge is 0.366 e. The van der Waals surface area contributed by atoms with E-state index in [-0.39, 0.29) is 5.52 Å². The third-order valence-corrected chi connectivity index (χ3v) is 4.95. The lowest BCUT2D eigenvalue weighted by molar-refractivity contribution is -0.185. The number of aliphatic hydroxyl groups excluding tert-OH is 1. The Hall–Kier alpha value is -2.19. The number of benzene rings is 2. The van der Waals surface area contributed by atoms with Crippen molar-refractivity contribution in [3.63, 3.8) is 0 Å². The average Bonchev–Trinajstić information content (AvgIpc) is 2.64. The molecule has 0 saturated carbocycles. The molecule has 2 N–H and O–H groups in total. The van der Waals surface area contributed by atoms with E-state index >= 15 is 0 Å². The van der Waals surface area contributed by atoms with E-state index in [0.29, 0.717) is 32.7 Å². The minimum atomic E-state index is -4.58. The number of halogens is 4. The van der Waals surface area contributed by atoms with E-state index in [1.54, 1.807) is 52.0 Å². The molecule has 1 unspecified atom stereocenters. The molecule has 3 rings (SSSR count). The lowest BCUT2D eigenvalue weighted by atomic mass is 9.88. The molecule has 0 saturated heterocycles. The Morgan fingerprint density at radius 2 is 1.61 bits per heavy atom. The van der Waals surface area contributed by atoms with Crippen LogP contribution in [-0.2, 0) is 10.9 Å². The molecular formula is C23H23ClF3NO3. The van der Waals surface area contributed by atoms with Crippen LogP contribution in [-0.4, -0.2) is 27.1 Å². The number of pyridine rings is 1. The average molecular weight is 454 g/mol. The van der Waals surface area contributed by atoms with Crippen molar-refractivity contribution in [1.82, 2.24) is 4.98 Å². The fourth-order valence-electron chi connectivity index (χ4n) is 3.52. The van der Waals surface area contributed by atoms with E-state index in [9.17, 15) is 23.4 Å². The van der Waals surface area contributed by atoms with Crippen molar-refractivity contribution in [2.24, 2.45) is 0 Å². The van der Waals surface area contributed by atoms with Crippen molar-refractivity contribution >= 4 is 22.5 Å². The second-order valence-electron chi connectivity index (χ2n) is 8.31. The van der Waals surface area contributed by atoms with Crippen LogP contribution in [0.2, 0.25) is 5.02 Å². The van der Waals surface area contributed by atoms with E-state index < -0.39 is 29.9 Å². The molecule has 1 heterocycles. The van der Waals surface area contributed by atoms with Crippen molar-refractivity contribution in [2.45, 2.75) is 51.9 Å². The van der Waals surface area contributed by atoms with Crippen LogP contribution < -0.4 is 0 Å². The minimum absolute atomic E-state index is 0.142. The highest BCUT2D eigenvalue weighted by atomic mass is 35.5. The Bertz CT molecular complexity index is 1090. The summed E-state index contributed by atoms with van der Waals surface area (Å²) in [5.41, 5.74) is 0.550. The lowest BCUT2D eigenvalue weighted by Gasteiger charge is -2.32. The highest BCUT2D eigenvalue weighted by Gasteiger charge is 2.34. The van der Waals surface area contributed by atoms with Gasteiger partial charge >= 0.3 is 6.18 Å². The van der Waals surface area contributed by atoms with Crippen molar-refractivity contribution in [3.05, 3.63) is 64.3 Å². The topological polar surface area (TPSA) is 62.6 Å². The van der Waals surface area contributed by atoms with Gasteiger partial charge in [-0.2, -0.15) is 13.2 Å². The van der Waals surface area contributed by atoms with Crippen molar-refractivity contribution < 1.29 is 28.1 Å². The molecule has 4 nitrogen and oxygen atoms in total. The number of fused-ring (bicyclic) bond motifs is 1. The number of hydrogen-bond acceptors (Lipinski definition) is 4. The van der Waals surface area contributed by atoms with Gasteiger partial charge in [-0.3, -0.25) is 0 Å². The number of ether oxygens (including phenoxy) is 1. The first kappa shape index (κ1) is 23.5. The van der Waals surface area contributed by atoms with Crippen molar-refractivity contribution in [3.8, 4) is 11.1 Å². The summed E-state index contributed by atoms with van der Waals surface area (Å²) in [6.07, 6.45) is -7.58. The van der Waals surface area contributed by atoms with Crippen molar-refractivity contribution in [2.75, 3.05) is 0 Å².